The molecule has 106 valence electrons. The molecule has 0 bridgehead atoms. The largest absolute Gasteiger partial charge is 0.371 e. The Morgan fingerprint density at radius 3 is 2.84 bits per heavy atom. The fourth-order valence-corrected chi connectivity index (χ4v) is 4.90. The van der Waals surface area contributed by atoms with Gasteiger partial charge in [0.15, 0.2) is 0 Å². The van der Waals surface area contributed by atoms with Gasteiger partial charge in [0.2, 0.25) is 0 Å². The lowest BCUT2D eigenvalue weighted by molar-refractivity contribution is -0.00901. The van der Waals surface area contributed by atoms with Crippen LogP contribution in [0.15, 0.2) is 0 Å². The minimum Gasteiger partial charge on any atom is -0.371 e. The van der Waals surface area contributed by atoms with Gasteiger partial charge in [-0.1, -0.05) is 19.8 Å². The Hall–Kier alpha value is -0.450. The lowest BCUT2D eigenvalue weighted by atomic mass is 9.97. The van der Waals surface area contributed by atoms with E-state index < -0.39 is 0 Å². The molecule has 0 radical (unpaired) electrons. The molecule has 1 aromatic rings. The van der Waals surface area contributed by atoms with Crippen LogP contribution in [0.4, 0.5) is 0 Å². The molecule has 2 aliphatic carbocycles. The van der Waals surface area contributed by atoms with Gasteiger partial charge >= 0.3 is 0 Å². The Labute approximate surface area is 119 Å². The predicted molar refractivity (Wildman–Crippen MR) is 78.6 cm³/mol. The number of hydrogen-bond donors (Lipinski definition) is 1. The van der Waals surface area contributed by atoms with Crippen molar-refractivity contribution in [2.24, 2.45) is 0 Å². The number of hydrogen-bond acceptors (Lipinski definition) is 4. The molecule has 4 heteroatoms. The summed E-state index contributed by atoms with van der Waals surface area (Å²) < 4.78 is 5.89. The second kappa shape index (κ2) is 5.51. The molecule has 1 saturated carbocycles. The normalized spacial score (nSPS) is 25.5. The maximum Gasteiger partial charge on any atom is 0.125 e. The van der Waals surface area contributed by atoms with E-state index in [2.05, 4.69) is 12.2 Å². The highest BCUT2D eigenvalue weighted by molar-refractivity contribution is 7.11. The van der Waals surface area contributed by atoms with E-state index in [9.17, 15) is 0 Å². The number of aromatic nitrogens is 1. The van der Waals surface area contributed by atoms with Crippen molar-refractivity contribution in [1.82, 2.24) is 10.3 Å². The summed E-state index contributed by atoms with van der Waals surface area (Å²) in [5, 5.41) is 4.82. The van der Waals surface area contributed by atoms with Gasteiger partial charge in [-0.2, -0.15) is 0 Å². The van der Waals surface area contributed by atoms with Crippen molar-refractivity contribution in [3.8, 4) is 0 Å². The first-order valence-electron chi connectivity index (χ1n) is 7.57. The van der Waals surface area contributed by atoms with E-state index in [-0.39, 0.29) is 5.60 Å². The molecule has 1 N–H and O–H groups in total. The Kier molecular flexibility index (Phi) is 3.92. The summed E-state index contributed by atoms with van der Waals surface area (Å²) in [6.07, 6.45) is 8.54. The average Bonchev–Trinajstić information content (AvgIpc) is 3.06. The minimum atomic E-state index is -0.0707. The van der Waals surface area contributed by atoms with Gasteiger partial charge in [0, 0.05) is 12.0 Å². The molecular formula is C15H24N2OS. The summed E-state index contributed by atoms with van der Waals surface area (Å²) in [7, 11) is 1.85. The van der Waals surface area contributed by atoms with Crippen LogP contribution in [0.1, 0.15) is 67.1 Å². The Morgan fingerprint density at radius 1 is 1.37 bits per heavy atom. The highest BCUT2D eigenvalue weighted by atomic mass is 32.1. The SMILES string of the molecule is CCNC1CCCc2sc(C3(OC)CCCC3)nc21. The quantitative estimate of drug-likeness (QED) is 0.916. The van der Waals surface area contributed by atoms with Gasteiger partial charge in [0.25, 0.3) is 0 Å². The third kappa shape index (κ3) is 2.34. The van der Waals surface area contributed by atoms with Crippen LogP contribution in [-0.2, 0) is 16.8 Å². The first-order valence-corrected chi connectivity index (χ1v) is 8.39. The van der Waals surface area contributed by atoms with Crippen LogP contribution in [0.2, 0.25) is 0 Å². The Morgan fingerprint density at radius 2 is 2.16 bits per heavy atom. The average molecular weight is 280 g/mol. The smallest absolute Gasteiger partial charge is 0.125 e. The fourth-order valence-electron chi connectivity index (χ4n) is 3.51. The molecule has 2 aliphatic rings. The molecule has 0 amide bonds. The molecule has 1 aromatic heterocycles. The summed E-state index contributed by atoms with van der Waals surface area (Å²) in [5.74, 6) is 0. The molecule has 0 spiro atoms. The van der Waals surface area contributed by atoms with Crippen LogP contribution in [0, 0.1) is 0 Å². The summed E-state index contributed by atoms with van der Waals surface area (Å²) in [6, 6.07) is 0.467. The van der Waals surface area contributed by atoms with Crippen molar-refractivity contribution in [3.63, 3.8) is 0 Å². The van der Waals surface area contributed by atoms with Gasteiger partial charge in [-0.15, -0.1) is 11.3 Å². The van der Waals surface area contributed by atoms with Gasteiger partial charge in [0.1, 0.15) is 10.6 Å². The molecule has 3 nitrogen and oxygen atoms in total. The monoisotopic (exact) mass is 280 g/mol. The van der Waals surface area contributed by atoms with Crippen molar-refractivity contribution in [2.45, 2.75) is 63.5 Å². The summed E-state index contributed by atoms with van der Waals surface area (Å²) >= 11 is 1.91. The Bertz CT molecular complexity index is 437. The van der Waals surface area contributed by atoms with Gasteiger partial charge < -0.3 is 10.1 Å². The first kappa shape index (κ1) is 13.5. The highest BCUT2D eigenvalue weighted by Crippen LogP contribution is 2.45. The zero-order valence-electron chi connectivity index (χ0n) is 12.0. The number of aryl methyl sites for hydroxylation is 1. The minimum absolute atomic E-state index is 0.0707. The molecule has 1 fully saturated rings. The third-order valence-electron chi connectivity index (χ3n) is 4.60. The van der Waals surface area contributed by atoms with E-state index in [1.165, 1.54) is 47.7 Å². The molecular weight excluding hydrogens is 256 g/mol. The maximum absolute atomic E-state index is 5.89. The second-order valence-corrected chi connectivity index (χ2v) is 6.82. The highest BCUT2D eigenvalue weighted by Gasteiger charge is 2.40. The predicted octanol–water partition coefficient (Wildman–Crippen LogP) is 3.55. The first-order chi connectivity index (χ1) is 9.29. The van der Waals surface area contributed by atoms with E-state index in [1.807, 2.05) is 18.4 Å². The molecule has 0 aromatic carbocycles. The van der Waals surface area contributed by atoms with Crippen molar-refractivity contribution < 1.29 is 4.74 Å². The van der Waals surface area contributed by atoms with Crippen LogP contribution in [0.3, 0.4) is 0 Å². The van der Waals surface area contributed by atoms with E-state index in [0.29, 0.717) is 6.04 Å². The number of nitrogens with one attached hydrogen (secondary N) is 1. The van der Waals surface area contributed by atoms with E-state index >= 15 is 0 Å². The number of methoxy groups -OCH3 is 1. The fraction of sp³-hybridized carbons (Fsp3) is 0.800. The van der Waals surface area contributed by atoms with Crippen molar-refractivity contribution in [1.29, 1.82) is 0 Å². The van der Waals surface area contributed by atoms with Gasteiger partial charge in [-0.3, -0.25) is 0 Å². The molecule has 0 aliphatic heterocycles. The lowest BCUT2D eigenvalue weighted by Crippen LogP contribution is -2.26. The van der Waals surface area contributed by atoms with Crippen molar-refractivity contribution in [3.05, 3.63) is 15.6 Å². The third-order valence-corrected chi connectivity index (χ3v) is 5.91. The van der Waals surface area contributed by atoms with Crippen LogP contribution >= 0.6 is 11.3 Å². The summed E-state index contributed by atoms with van der Waals surface area (Å²) in [6.45, 7) is 3.20. The van der Waals surface area contributed by atoms with Crippen LogP contribution < -0.4 is 5.32 Å². The van der Waals surface area contributed by atoms with E-state index in [0.717, 1.165) is 19.4 Å². The van der Waals surface area contributed by atoms with Crippen LogP contribution in [0.25, 0.3) is 0 Å². The number of rotatable bonds is 4. The Balaban J connectivity index is 1.92. The standard InChI is InChI=1S/C15H24N2OS/c1-3-16-11-7-6-8-12-13(11)17-14(19-12)15(18-2)9-4-5-10-15/h11,16H,3-10H2,1-2H3. The van der Waals surface area contributed by atoms with Gasteiger partial charge in [-0.05, 0) is 38.6 Å². The molecule has 0 saturated heterocycles. The zero-order valence-corrected chi connectivity index (χ0v) is 12.8. The van der Waals surface area contributed by atoms with Crippen molar-refractivity contribution >= 4 is 11.3 Å². The van der Waals surface area contributed by atoms with Gasteiger partial charge in [-0.25, -0.2) is 4.98 Å². The van der Waals surface area contributed by atoms with E-state index in [1.54, 1.807) is 0 Å². The lowest BCUT2D eigenvalue weighted by Gasteiger charge is -2.24. The van der Waals surface area contributed by atoms with Crippen LogP contribution in [0.5, 0.6) is 0 Å². The van der Waals surface area contributed by atoms with E-state index in [4.69, 9.17) is 9.72 Å². The molecule has 3 rings (SSSR count). The maximum atomic E-state index is 5.89. The summed E-state index contributed by atoms with van der Waals surface area (Å²) in [4.78, 5) is 6.50. The molecule has 19 heavy (non-hydrogen) atoms. The number of ether oxygens (including phenoxy) is 1. The van der Waals surface area contributed by atoms with Crippen LogP contribution in [-0.4, -0.2) is 18.6 Å². The van der Waals surface area contributed by atoms with Crippen molar-refractivity contribution in [2.75, 3.05) is 13.7 Å². The van der Waals surface area contributed by atoms with Gasteiger partial charge in [0.05, 0.1) is 11.7 Å². The topological polar surface area (TPSA) is 34.1 Å². The number of fused-ring (bicyclic) bond motifs is 1. The number of nitrogens with zero attached hydrogens (tertiary/aromatic N) is 1. The number of thiazole rings is 1. The summed E-state index contributed by atoms with van der Waals surface area (Å²) in [5.41, 5.74) is 1.25. The second-order valence-electron chi connectivity index (χ2n) is 5.74. The molecule has 1 atom stereocenters. The molecule has 1 unspecified atom stereocenters. The zero-order chi connectivity index (χ0) is 13.3. The molecule has 1 heterocycles.